The fourth-order valence-corrected chi connectivity index (χ4v) is 3.15. The van der Waals surface area contributed by atoms with Gasteiger partial charge in [0.2, 0.25) is 5.91 Å². The molecule has 4 nitrogen and oxygen atoms in total. The first-order valence-electron chi connectivity index (χ1n) is 5.25. The molecule has 2 heterocycles. The Labute approximate surface area is 99.6 Å². The van der Waals surface area contributed by atoms with E-state index in [0.29, 0.717) is 18.9 Å². The van der Waals surface area contributed by atoms with E-state index in [4.69, 9.17) is 4.74 Å². The van der Waals surface area contributed by atoms with Crippen molar-refractivity contribution >= 4 is 17.7 Å². The largest absolute Gasteiger partial charge is 0.383 e. The molecule has 1 aliphatic rings. The predicted octanol–water partition coefficient (Wildman–Crippen LogP) is 1.25. The van der Waals surface area contributed by atoms with Crippen molar-refractivity contribution in [2.24, 2.45) is 7.05 Å². The lowest BCUT2D eigenvalue weighted by molar-refractivity contribution is -0.128. The van der Waals surface area contributed by atoms with Crippen molar-refractivity contribution < 1.29 is 9.53 Å². The maximum absolute atomic E-state index is 11.7. The Bertz CT molecular complexity index is 378. The lowest BCUT2D eigenvalue weighted by atomic mass is 10.3. The van der Waals surface area contributed by atoms with Gasteiger partial charge < -0.3 is 14.2 Å². The van der Waals surface area contributed by atoms with Crippen LogP contribution in [0.1, 0.15) is 11.1 Å². The van der Waals surface area contributed by atoms with Crippen LogP contribution in [-0.2, 0) is 16.6 Å². The zero-order valence-electron chi connectivity index (χ0n) is 9.55. The van der Waals surface area contributed by atoms with Crippen molar-refractivity contribution in [3.05, 3.63) is 24.0 Å². The third kappa shape index (κ3) is 2.10. The maximum Gasteiger partial charge on any atom is 0.233 e. The normalized spacial score (nSPS) is 20.8. The lowest BCUT2D eigenvalue weighted by Crippen LogP contribution is -2.32. The van der Waals surface area contributed by atoms with Crippen molar-refractivity contribution in [3.63, 3.8) is 0 Å². The number of ether oxygens (including phenoxy) is 1. The molecule has 0 bridgehead atoms. The van der Waals surface area contributed by atoms with Gasteiger partial charge in [0.15, 0.2) is 0 Å². The number of nitrogens with zero attached hydrogens (tertiary/aromatic N) is 2. The van der Waals surface area contributed by atoms with Crippen molar-refractivity contribution in [2.75, 3.05) is 26.0 Å². The summed E-state index contributed by atoms with van der Waals surface area (Å²) < 4.78 is 7.10. The van der Waals surface area contributed by atoms with Gasteiger partial charge in [0.1, 0.15) is 5.37 Å². The third-order valence-electron chi connectivity index (χ3n) is 2.74. The van der Waals surface area contributed by atoms with Gasteiger partial charge in [0, 0.05) is 26.9 Å². The molecule has 1 aromatic heterocycles. The highest BCUT2D eigenvalue weighted by Gasteiger charge is 2.33. The fourth-order valence-electron chi connectivity index (χ4n) is 1.86. The van der Waals surface area contributed by atoms with Crippen molar-refractivity contribution in [1.82, 2.24) is 9.47 Å². The fraction of sp³-hybridized carbons (Fsp3) is 0.545. The number of methoxy groups -OCH3 is 1. The number of carbonyl (C=O) groups is 1. The molecule has 88 valence electrons. The molecule has 1 aliphatic heterocycles. The minimum absolute atomic E-state index is 0.141. The van der Waals surface area contributed by atoms with Crippen LogP contribution in [0.25, 0.3) is 0 Å². The monoisotopic (exact) mass is 240 g/mol. The quantitative estimate of drug-likeness (QED) is 0.794. The SMILES string of the molecule is COCCN1C(=O)CSC1c1cccn1C. The van der Waals surface area contributed by atoms with Gasteiger partial charge in [-0.15, -0.1) is 11.8 Å². The standard InChI is InChI=1S/C11H16N2O2S/c1-12-5-3-4-9(12)11-13(6-7-15-2)10(14)8-16-11/h3-5,11H,6-8H2,1-2H3. The number of hydrogen-bond donors (Lipinski definition) is 0. The van der Waals surface area contributed by atoms with Gasteiger partial charge in [-0.25, -0.2) is 0 Å². The number of aromatic nitrogens is 1. The van der Waals surface area contributed by atoms with Crippen LogP contribution in [-0.4, -0.2) is 41.4 Å². The van der Waals surface area contributed by atoms with Gasteiger partial charge >= 0.3 is 0 Å². The molecule has 1 fully saturated rings. The topological polar surface area (TPSA) is 34.5 Å². The van der Waals surface area contributed by atoms with Crippen molar-refractivity contribution in [2.45, 2.75) is 5.37 Å². The molecule has 0 saturated carbocycles. The van der Waals surface area contributed by atoms with Gasteiger partial charge in [-0.2, -0.15) is 0 Å². The molecular formula is C11H16N2O2S. The molecule has 0 N–H and O–H groups in total. The summed E-state index contributed by atoms with van der Waals surface area (Å²) in [5.74, 6) is 0.771. The summed E-state index contributed by atoms with van der Waals surface area (Å²) in [7, 11) is 3.67. The molecule has 1 atom stereocenters. The summed E-state index contributed by atoms with van der Waals surface area (Å²) in [6.07, 6.45) is 2.01. The molecule has 1 saturated heterocycles. The van der Waals surface area contributed by atoms with Crippen LogP contribution in [0.5, 0.6) is 0 Å². The highest BCUT2D eigenvalue weighted by molar-refractivity contribution is 8.00. The number of carbonyl (C=O) groups excluding carboxylic acids is 1. The van der Waals surface area contributed by atoms with Gasteiger partial charge in [0.25, 0.3) is 0 Å². The van der Waals surface area contributed by atoms with Gasteiger partial charge in [-0.3, -0.25) is 4.79 Å². The smallest absolute Gasteiger partial charge is 0.233 e. The molecule has 2 rings (SSSR count). The van der Waals surface area contributed by atoms with E-state index in [-0.39, 0.29) is 11.3 Å². The summed E-state index contributed by atoms with van der Waals surface area (Å²) in [5.41, 5.74) is 1.17. The second kappa shape index (κ2) is 4.93. The van der Waals surface area contributed by atoms with Gasteiger partial charge in [0.05, 0.1) is 18.1 Å². The number of thioether (sulfide) groups is 1. The highest BCUT2D eigenvalue weighted by Crippen LogP contribution is 2.38. The summed E-state index contributed by atoms with van der Waals surface area (Å²) in [6, 6.07) is 4.07. The van der Waals surface area contributed by atoms with Crippen molar-refractivity contribution in [3.8, 4) is 0 Å². The Morgan fingerprint density at radius 3 is 3.06 bits per heavy atom. The van der Waals surface area contributed by atoms with Crippen LogP contribution in [0.15, 0.2) is 18.3 Å². The Balaban J connectivity index is 2.14. The van der Waals surface area contributed by atoms with Crippen LogP contribution in [0, 0.1) is 0 Å². The predicted molar refractivity (Wildman–Crippen MR) is 64.2 cm³/mol. The number of hydrogen-bond acceptors (Lipinski definition) is 3. The average Bonchev–Trinajstić information content (AvgIpc) is 2.82. The van der Waals surface area contributed by atoms with Crippen LogP contribution in [0.3, 0.4) is 0 Å². The van der Waals surface area contributed by atoms with E-state index >= 15 is 0 Å². The van der Waals surface area contributed by atoms with E-state index in [0.717, 1.165) is 0 Å². The van der Waals surface area contributed by atoms with Gasteiger partial charge in [-0.05, 0) is 12.1 Å². The van der Waals surface area contributed by atoms with Crippen LogP contribution in [0.2, 0.25) is 0 Å². The van der Waals surface area contributed by atoms with Crippen LogP contribution < -0.4 is 0 Å². The first kappa shape index (κ1) is 11.5. The minimum Gasteiger partial charge on any atom is -0.383 e. The Hall–Kier alpha value is -0.940. The third-order valence-corrected chi connectivity index (χ3v) is 3.97. The summed E-state index contributed by atoms with van der Waals surface area (Å²) >= 11 is 1.68. The first-order valence-corrected chi connectivity index (χ1v) is 6.30. The molecule has 16 heavy (non-hydrogen) atoms. The Morgan fingerprint density at radius 1 is 1.62 bits per heavy atom. The van der Waals surface area contributed by atoms with E-state index in [2.05, 4.69) is 10.6 Å². The first-order chi connectivity index (χ1) is 7.74. The van der Waals surface area contributed by atoms with E-state index in [1.807, 2.05) is 24.2 Å². The summed E-state index contributed by atoms with van der Waals surface area (Å²) in [4.78, 5) is 13.6. The highest BCUT2D eigenvalue weighted by atomic mass is 32.2. The molecular weight excluding hydrogens is 224 g/mol. The van der Waals surface area contributed by atoms with Crippen LogP contribution >= 0.6 is 11.8 Å². The molecule has 0 spiro atoms. The summed E-state index contributed by atoms with van der Waals surface area (Å²) in [6.45, 7) is 1.26. The molecule has 0 radical (unpaired) electrons. The van der Waals surface area contributed by atoms with Crippen molar-refractivity contribution in [1.29, 1.82) is 0 Å². The van der Waals surface area contributed by atoms with Crippen LogP contribution in [0.4, 0.5) is 0 Å². The van der Waals surface area contributed by atoms with E-state index in [1.165, 1.54) is 5.69 Å². The molecule has 1 aromatic rings. The van der Waals surface area contributed by atoms with E-state index in [9.17, 15) is 4.79 Å². The zero-order valence-corrected chi connectivity index (χ0v) is 10.4. The molecule has 1 unspecified atom stereocenters. The lowest BCUT2D eigenvalue weighted by Gasteiger charge is -2.24. The van der Waals surface area contributed by atoms with E-state index in [1.54, 1.807) is 18.9 Å². The second-order valence-corrected chi connectivity index (χ2v) is 4.86. The molecule has 5 heteroatoms. The number of amides is 1. The average molecular weight is 240 g/mol. The molecule has 0 aromatic carbocycles. The minimum atomic E-state index is 0.141. The maximum atomic E-state index is 11.7. The molecule has 1 amide bonds. The Kier molecular flexibility index (Phi) is 3.56. The number of aryl methyl sites for hydroxylation is 1. The van der Waals surface area contributed by atoms with Gasteiger partial charge in [-0.1, -0.05) is 0 Å². The Morgan fingerprint density at radius 2 is 2.44 bits per heavy atom. The molecule has 0 aliphatic carbocycles. The zero-order chi connectivity index (χ0) is 11.5. The number of rotatable bonds is 4. The second-order valence-electron chi connectivity index (χ2n) is 3.79. The van der Waals surface area contributed by atoms with E-state index < -0.39 is 0 Å². The summed E-state index contributed by atoms with van der Waals surface area (Å²) in [5, 5.41) is 0.141.